The van der Waals surface area contributed by atoms with Crippen LogP contribution in [0.1, 0.15) is 0 Å². The highest BCUT2D eigenvalue weighted by Gasteiger charge is 2.15. The highest BCUT2D eigenvalue weighted by atomic mass is 32.1. The summed E-state index contributed by atoms with van der Waals surface area (Å²) in [5.41, 5.74) is 1.67. The summed E-state index contributed by atoms with van der Waals surface area (Å²) in [6.45, 7) is 0. The van der Waals surface area contributed by atoms with Crippen molar-refractivity contribution in [1.29, 1.82) is 0 Å². The lowest BCUT2D eigenvalue weighted by molar-refractivity contribution is 0.629. The molecule has 42 heavy (non-hydrogen) atoms. The van der Waals surface area contributed by atoms with Crippen molar-refractivity contribution in [3.05, 3.63) is 96.6 Å². The van der Waals surface area contributed by atoms with Crippen molar-refractivity contribution in [2.75, 3.05) is 0 Å². The number of hydrogen-bond acceptors (Lipinski definition) is 8. The third-order valence-electron chi connectivity index (χ3n) is 6.98. The van der Waals surface area contributed by atoms with Gasteiger partial charge in [-0.05, 0) is 95.7 Å². The monoisotopic (exact) mass is 656 g/mol. The van der Waals surface area contributed by atoms with Crippen molar-refractivity contribution in [1.82, 2.24) is 9.97 Å². The van der Waals surface area contributed by atoms with Crippen LogP contribution in [-0.2, 0) is 0 Å². The zero-order valence-corrected chi connectivity index (χ0v) is 26.1. The van der Waals surface area contributed by atoms with E-state index in [1.807, 2.05) is 22.7 Å². The third-order valence-corrected chi connectivity index (χ3v) is 14.1. The fourth-order valence-electron chi connectivity index (χ4n) is 4.99. The molecule has 0 aliphatic rings. The topological polar surface area (TPSA) is 25.8 Å². The lowest BCUT2D eigenvalue weighted by Gasteiger charge is -1.89. The van der Waals surface area contributed by atoms with E-state index < -0.39 is 0 Å². The second kappa shape index (κ2) is 9.57. The van der Waals surface area contributed by atoms with Crippen LogP contribution in [0.3, 0.4) is 0 Å². The molecule has 3 aromatic carbocycles. The second-order valence-corrected chi connectivity index (χ2v) is 16.1. The van der Waals surface area contributed by atoms with Gasteiger partial charge in [0.1, 0.15) is 21.6 Å². The van der Waals surface area contributed by atoms with Crippen molar-refractivity contribution >= 4 is 109 Å². The van der Waals surface area contributed by atoms with E-state index in [1.165, 1.54) is 74.5 Å². The van der Waals surface area contributed by atoms with Crippen LogP contribution in [0.4, 0.5) is 8.78 Å². The van der Waals surface area contributed by atoms with E-state index in [-0.39, 0.29) is 11.6 Å². The minimum absolute atomic E-state index is 0.231. The van der Waals surface area contributed by atoms with Gasteiger partial charge in [0, 0.05) is 28.9 Å². The van der Waals surface area contributed by atoms with Gasteiger partial charge < -0.3 is 0 Å². The minimum atomic E-state index is -0.231. The molecule has 0 fully saturated rings. The number of thiazole rings is 2. The summed E-state index contributed by atoms with van der Waals surface area (Å²) in [6, 6.07) is 27.2. The lowest BCUT2D eigenvalue weighted by atomic mass is 10.2. The Kier molecular flexibility index (Phi) is 5.73. The summed E-state index contributed by atoms with van der Waals surface area (Å²) >= 11 is 10.1. The third kappa shape index (κ3) is 4.24. The molecule has 0 unspecified atom stereocenters. The Hall–Kier alpha value is -3.38. The Morgan fingerprint density at radius 1 is 0.381 bits per heavy atom. The predicted molar refractivity (Wildman–Crippen MR) is 181 cm³/mol. The van der Waals surface area contributed by atoms with E-state index in [0.29, 0.717) is 0 Å². The molecular formula is C32H14F2N2S6. The molecule has 0 radical (unpaired) electrons. The van der Waals surface area contributed by atoms with E-state index in [0.717, 1.165) is 40.2 Å². The molecule has 0 aliphatic heterocycles. The first-order valence-electron chi connectivity index (χ1n) is 12.8. The van der Waals surface area contributed by atoms with Crippen LogP contribution >= 0.6 is 68.0 Å². The van der Waals surface area contributed by atoms with Crippen LogP contribution in [0.25, 0.3) is 79.9 Å². The van der Waals surface area contributed by atoms with Crippen LogP contribution < -0.4 is 0 Å². The molecule has 0 N–H and O–H groups in total. The van der Waals surface area contributed by atoms with Gasteiger partial charge in [-0.2, -0.15) is 0 Å². The molecule has 0 atom stereocenters. The van der Waals surface area contributed by atoms with Gasteiger partial charge in [0.2, 0.25) is 0 Å². The van der Waals surface area contributed by atoms with E-state index >= 15 is 0 Å². The fraction of sp³-hybridized carbons (Fsp3) is 0. The van der Waals surface area contributed by atoms with Gasteiger partial charge in [-0.15, -0.1) is 68.0 Å². The average Bonchev–Trinajstić information content (AvgIpc) is 3.81. The Morgan fingerprint density at radius 2 is 0.833 bits per heavy atom. The van der Waals surface area contributed by atoms with Gasteiger partial charge in [-0.25, -0.2) is 18.7 Å². The molecule has 0 amide bonds. The SMILES string of the molecule is Fc1ccc2nc(-c3ccc(-c4cc5cc6sc(-c7ccc(-c8nc9ccc(F)cc9s8)s7)cc6cc5s4)s3)sc2c1. The van der Waals surface area contributed by atoms with Gasteiger partial charge in [-0.1, -0.05) is 0 Å². The molecule has 0 spiro atoms. The molecule has 10 heteroatoms. The quantitative estimate of drug-likeness (QED) is 0.188. The van der Waals surface area contributed by atoms with Gasteiger partial charge in [-0.3, -0.25) is 0 Å². The number of halogens is 2. The maximum Gasteiger partial charge on any atom is 0.134 e. The fourth-order valence-corrected chi connectivity index (χ4v) is 11.4. The Morgan fingerprint density at radius 3 is 1.31 bits per heavy atom. The molecule has 0 saturated heterocycles. The zero-order valence-electron chi connectivity index (χ0n) is 21.2. The van der Waals surface area contributed by atoms with Gasteiger partial charge >= 0.3 is 0 Å². The van der Waals surface area contributed by atoms with Crippen molar-refractivity contribution in [2.24, 2.45) is 0 Å². The summed E-state index contributed by atoms with van der Waals surface area (Å²) in [4.78, 5) is 16.5. The van der Waals surface area contributed by atoms with Crippen molar-refractivity contribution in [3.63, 3.8) is 0 Å². The van der Waals surface area contributed by atoms with E-state index in [1.54, 1.807) is 46.9 Å². The number of fused-ring (bicyclic) bond motifs is 4. The zero-order chi connectivity index (χ0) is 27.9. The number of benzene rings is 3. The number of thiophene rings is 4. The summed E-state index contributed by atoms with van der Waals surface area (Å²) in [5.74, 6) is -0.462. The normalized spacial score (nSPS) is 12.0. The maximum atomic E-state index is 13.6. The van der Waals surface area contributed by atoms with Crippen LogP contribution in [0.5, 0.6) is 0 Å². The van der Waals surface area contributed by atoms with Gasteiger partial charge in [0.25, 0.3) is 0 Å². The van der Waals surface area contributed by atoms with Crippen molar-refractivity contribution < 1.29 is 8.78 Å². The van der Waals surface area contributed by atoms with E-state index in [9.17, 15) is 8.78 Å². The van der Waals surface area contributed by atoms with Gasteiger partial charge in [0.15, 0.2) is 0 Å². The first-order valence-corrected chi connectivity index (χ1v) is 17.7. The largest absolute Gasteiger partial charge is 0.235 e. The Bertz CT molecular complexity index is 2250. The predicted octanol–water partition coefficient (Wildman–Crippen LogP) is 12.4. The summed E-state index contributed by atoms with van der Waals surface area (Å²) < 4.78 is 31.6. The highest BCUT2D eigenvalue weighted by molar-refractivity contribution is 7.30. The molecule has 0 aliphatic carbocycles. The summed E-state index contributed by atoms with van der Waals surface area (Å²) in [6.07, 6.45) is 0. The first kappa shape index (κ1) is 25.1. The van der Waals surface area contributed by atoms with Crippen LogP contribution in [0, 0.1) is 11.6 Å². The maximum absolute atomic E-state index is 13.6. The minimum Gasteiger partial charge on any atom is -0.235 e. The van der Waals surface area contributed by atoms with Crippen LogP contribution in [0.15, 0.2) is 84.9 Å². The molecule has 0 bridgehead atoms. The Balaban J connectivity index is 1.02. The molecule has 202 valence electrons. The second-order valence-electron chi connectivity index (χ2n) is 9.74. The van der Waals surface area contributed by atoms with Crippen molar-refractivity contribution in [3.8, 4) is 39.3 Å². The molecular weight excluding hydrogens is 643 g/mol. The molecule has 6 aromatic heterocycles. The van der Waals surface area contributed by atoms with E-state index in [2.05, 4.69) is 48.5 Å². The number of hydrogen-bond donors (Lipinski definition) is 0. The smallest absolute Gasteiger partial charge is 0.134 e. The molecule has 9 rings (SSSR count). The van der Waals surface area contributed by atoms with E-state index in [4.69, 9.17) is 9.97 Å². The standard InChI is InChI=1S/C32H14F2N2S6/c33-17-1-3-19-27(13-17)41-31(35-19)23-7-5-21(37-23)29-11-15-9-26-16(10-25(15)39-29)12-30(40-26)22-6-8-24(38-22)32-36-20-4-2-18(34)14-28(20)42-32/h1-14H. The molecule has 6 heterocycles. The van der Waals surface area contributed by atoms with Crippen LogP contribution in [-0.4, -0.2) is 9.97 Å². The van der Waals surface area contributed by atoms with Gasteiger partial charge in [0.05, 0.1) is 30.2 Å². The first-order chi connectivity index (χ1) is 20.5. The molecule has 0 saturated carbocycles. The van der Waals surface area contributed by atoms with Crippen molar-refractivity contribution in [2.45, 2.75) is 0 Å². The van der Waals surface area contributed by atoms with Crippen LogP contribution in [0.2, 0.25) is 0 Å². The number of aromatic nitrogens is 2. The molecule has 2 nitrogen and oxygen atoms in total. The number of nitrogens with zero attached hydrogens (tertiary/aromatic N) is 2. The lowest BCUT2D eigenvalue weighted by Crippen LogP contribution is -1.71. The summed E-state index contributed by atoms with van der Waals surface area (Å²) in [7, 11) is 0. The molecule has 9 aromatic rings. The summed E-state index contributed by atoms with van der Waals surface area (Å²) in [5, 5.41) is 4.34. The average molecular weight is 657 g/mol. The highest BCUT2D eigenvalue weighted by Crippen LogP contribution is 2.46. The number of rotatable bonds is 4. The Labute approximate surface area is 261 Å².